The summed E-state index contributed by atoms with van der Waals surface area (Å²) in [4.78, 5) is 0. The van der Waals surface area contributed by atoms with Crippen LogP contribution in [0.5, 0.6) is 0 Å². The summed E-state index contributed by atoms with van der Waals surface area (Å²) >= 11 is 0. The second-order valence-corrected chi connectivity index (χ2v) is 7.51. The average molecular weight is 259 g/mol. The Morgan fingerprint density at radius 2 is 1.63 bits per heavy atom. The Kier molecular flexibility index (Phi) is 4.06. The van der Waals surface area contributed by atoms with Crippen molar-refractivity contribution < 1.29 is 0 Å². The van der Waals surface area contributed by atoms with E-state index < -0.39 is 0 Å². The van der Waals surface area contributed by atoms with E-state index in [9.17, 15) is 0 Å². The molecule has 1 atom stereocenters. The van der Waals surface area contributed by atoms with E-state index in [-0.39, 0.29) is 5.54 Å². The Bertz CT molecular complexity index is 393. The van der Waals surface area contributed by atoms with Crippen molar-refractivity contribution in [3.05, 3.63) is 35.9 Å². The van der Waals surface area contributed by atoms with Gasteiger partial charge in [-0.25, -0.2) is 0 Å². The minimum absolute atomic E-state index is 0.0108. The van der Waals surface area contributed by atoms with Crippen molar-refractivity contribution in [2.45, 2.75) is 64.8 Å². The molecule has 1 unspecified atom stereocenters. The molecule has 0 spiro atoms. The van der Waals surface area contributed by atoms with Crippen LogP contribution in [-0.4, -0.2) is 5.54 Å². The fraction of sp³-hybridized carbons (Fsp3) is 0.667. The van der Waals surface area contributed by atoms with Gasteiger partial charge in [0.1, 0.15) is 0 Å². The first-order valence-electron chi connectivity index (χ1n) is 7.67. The molecule has 1 aromatic carbocycles. The highest BCUT2D eigenvalue weighted by atomic mass is 14.8. The first kappa shape index (κ1) is 14.6. The van der Waals surface area contributed by atoms with Crippen molar-refractivity contribution in [2.75, 3.05) is 0 Å². The van der Waals surface area contributed by atoms with Gasteiger partial charge in [-0.3, -0.25) is 0 Å². The molecule has 0 bridgehead atoms. The van der Waals surface area contributed by atoms with Gasteiger partial charge in [0.15, 0.2) is 0 Å². The smallest absolute Gasteiger partial charge is 0.0221 e. The molecule has 0 amide bonds. The zero-order valence-corrected chi connectivity index (χ0v) is 12.9. The predicted molar refractivity (Wildman–Crippen MR) is 83.2 cm³/mol. The number of rotatable bonds is 2. The van der Waals surface area contributed by atoms with E-state index in [1.165, 1.54) is 18.4 Å². The quantitative estimate of drug-likeness (QED) is 0.817. The second-order valence-electron chi connectivity index (χ2n) is 7.51. The highest BCUT2D eigenvalue weighted by molar-refractivity contribution is 5.23. The molecule has 1 aromatic rings. The summed E-state index contributed by atoms with van der Waals surface area (Å²) in [7, 11) is 0. The molecule has 0 aromatic heterocycles. The lowest BCUT2D eigenvalue weighted by Crippen LogP contribution is -2.48. The van der Waals surface area contributed by atoms with E-state index in [1.54, 1.807) is 0 Å². The lowest BCUT2D eigenvalue weighted by atomic mass is 9.63. The van der Waals surface area contributed by atoms with Crippen LogP contribution in [0, 0.1) is 11.3 Å². The molecule has 19 heavy (non-hydrogen) atoms. The molecule has 106 valence electrons. The molecular formula is C18H29N. The molecule has 0 radical (unpaired) electrons. The van der Waals surface area contributed by atoms with Gasteiger partial charge >= 0.3 is 0 Å². The van der Waals surface area contributed by atoms with E-state index in [4.69, 9.17) is 5.73 Å². The van der Waals surface area contributed by atoms with E-state index >= 15 is 0 Å². The van der Waals surface area contributed by atoms with Crippen molar-refractivity contribution in [1.29, 1.82) is 0 Å². The van der Waals surface area contributed by atoms with Gasteiger partial charge in [-0.2, -0.15) is 0 Å². The summed E-state index contributed by atoms with van der Waals surface area (Å²) in [5.74, 6) is 1.28. The summed E-state index contributed by atoms with van der Waals surface area (Å²) in [6, 6.07) is 10.8. The summed E-state index contributed by atoms with van der Waals surface area (Å²) in [5, 5.41) is 0. The van der Waals surface area contributed by atoms with Gasteiger partial charge in [0.25, 0.3) is 0 Å². The lowest BCUT2D eigenvalue weighted by Gasteiger charge is -2.45. The number of hydrogen-bond donors (Lipinski definition) is 1. The normalized spacial score (nSPS) is 30.1. The van der Waals surface area contributed by atoms with Crippen LogP contribution in [0.3, 0.4) is 0 Å². The molecule has 0 heterocycles. The van der Waals surface area contributed by atoms with Crippen molar-refractivity contribution in [2.24, 2.45) is 17.1 Å². The summed E-state index contributed by atoms with van der Waals surface area (Å²) in [6.07, 6.45) is 4.87. The van der Waals surface area contributed by atoms with E-state index in [2.05, 4.69) is 58.0 Å². The van der Waals surface area contributed by atoms with Crippen LogP contribution in [-0.2, 0) is 0 Å². The first-order valence-corrected chi connectivity index (χ1v) is 7.67. The molecule has 2 N–H and O–H groups in total. The number of nitrogens with two attached hydrogens (primary N) is 1. The van der Waals surface area contributed by atoms with Gasteiger partial charge in [-0.1, -0.05) is 58.0 Å². The third-order valence-corrected chi connectivity index (χ3v) is 5.30. The fourth-order valence-corrected chi connectivity index (χ4v) is 3.53. The van der Waals surface area contributed by atoms with Crippen molar-refractivity contribution in [3.8, 4) is 0 Å². The molecule has 1 fully saturated rings. The zero-order chi connectivity index (χ0) is 14.1. The van der Waals surface area contributed by atoms with Gasteiger partial charge in [0.05, 0.1) is 0 Å². The highest BCUT2D eigenvalue weighted by Gasteiger charge is 2.39. The Hall–Kier alpha value is -0.820. The van der Waals surface area contributed by atoms with Gasteiger partial charge in [0, 0.05) is 5.54 Å². The monoisotopic (exact) mass is 259 g/mol. The zero-order valence-electron chi connectivity index (χ0n) is 12.9. The van der Waals surface area contributed by atoms with Gasteiger partial charge in [-0.05, 0) is 48.5 Å². The SMILES string of the molecule is CC(c1ccccc1)C1(N)CCC(C(C)(C)C)CC1. The van der Waals surface area contributed by atoms with Crippen molar-refractivity contribution >= 4 is 0 Å². The second kappa shape index (κ2) is 5.28. The van der Waals surface area contributed by atoms with Crippen LogP contribution in [0.1, 0.15) is 64.9 Å². The molecule has 1 saturated carbocycles. The maximum Gasteiger partial charge on any atom is 0.0221 e. The maximum absolute atomic E-state index is 6.74. The molecule has 1 aliphatic carbocycles. The van der Waals surface area contributed by atoms with Gasteiger partial charge < -0.3 is 5.73 Å². The number of hydrogen-bond acceptors (Lipinski definition) is 1. The van der Waals surface area contributed by atoms with E-state index in [0.717, 1.165) is 18.8 Å². The van der Waals surface area contributed by atoms with Crippen LogP contribution in [0.4, 0.5) is 0 Å². The van der Waals surface area contributed by atoms with Crippen LogP contribution in [0.25, 0.3) is 0 Å². The minimum Gasteiger partial charge on any atom is -0.325 e. The molecule has 0 saturated heterocycles. The molecule has 0 aliphatic heterocycles. The summed E-state index contributed by atoms with van der Waals surface area (Å²) < 4.78 is 0. The molecule has 1 aliphatic rings. The predicted octanol–water partition coefficient (Wildman–Crippen LogP) is 4.72. The summed E-state index contributed by atoms with van der Waals surface area (Å²) in [5.41, 5.74) is 8.55. The lowest BCUT2D eigenvalue weighted by molar-refractivity contribution is 0.123. The van der Waals surface area contributed by atoms with Crippen LogP contribution in [0.15, 0.2) is 30.3 Å². The van der Waals surface area contributed by atoms with Crippen molar-refractivity contribution in [1.82, 2.24) is 0 Å². The Morgan fingerprint density at radius 3 is 2.11 bits per heavy atom. The van der Waals surface area contributed by atoms with E-state index in [0.29, 0.717) is 11.3 Å². The molecular weight excluding hydrogens is 230 g/mol. The van der Waals surface area contributed by atoms with Gasteiger partial charge in [0.2, 0.25) is 0 Å². The van der Waals surface area contributed by atoms with Crippen LogP contribution >= 0.6 is 0 Å². The molecule has 2 rings (SSSR count). The van der Waals surface area contributed by atoms with Crippen molar-refractivity contribution in [3.63, 3.8) is 0 Å². The fourth-order valence-electron chi connectivity index (χ4n) is 3.53. The third-order valence-electron chi connectivity index (χ3n) is 5.30. The largest absolute Gasteiger partial charge is 0.325 e. The maximum atomic E-state index is 6.74. The Labute approximate surface area is 118 Å². The average Bonchev–Trinajstić information content (AvgIpc) is 2.38. The van der Waals surface area contributed by atoms with E-state index in [1.807, 2.05) is 0 Å². The molecule has 1 heteroatoms. The Morgan fingerprint density at radius 1 is 1.11 bits per heavy atom. The molecule has 1 nitrogen and oxygen atoms in total. The third kappa shape index (κ3) is 3.20. The van der Waals surface area contributed by atoms with Crippen LogP contribution in [0.2, 0.25) is 0 Å². The standard InChI is InChI=1S/C18H29N/c1-14(15-8-6-5-7-9-15)18(19)12-10-16(11-13-18)17(2,3)4/h5-9,14,16H,10-13,19H2,1-4H3. The summed E-state index contributed by atoms with van der Waals surface area (Å²) in [6.45, 7) is 9.39. The first-order chi connectivity index (χ1) is 8.83. The minimum atomic E-state index is -0.0108. The highest BCUT2D eigenvalue weighted by Crippen LogP contribution is 2.45. The topological polar surface area (TPSA) is 26.0 Å². The Balaban J connectivity index is 2.06. The van der Waals surface area contributed by atoms with Crippen LogP contribution < -0.4 is 5.73 Å². The van der Waals surface area contributed by atoms with Gasteiger partial charge in [-0.15, -0.1) is 0 Å². The number of benzene rings is 1.